The van der Waals surface area contributed by atoms with E-state index in [9.17, 15) is 9.59 Å². The van der Waals surface area contributed by atoms with E-state index in [0.29, 0.717) is 29.5 Å². The molecule has 0 radical (unpaired) electrons. The molecule has 0 spiro atoms. The number of ether oxygens (including phenoxy) is 4. The molecule has 1 aromatic rings. The molecule has 1 saturated heterocycles. The van der Waals surface area contributed by atoms with Crippen molar-refractivity contribution in [3.63, 3.8) is 0 Å². The average Bonchev–Trinajstić information content (AvgIpc) is 2.99. The molecule has 1 heterocycles. The van der Waals surface area contributed by atoms with Gasteiger partial charge in [-0.1, -0.05) is 0 Å². The monoisotopic (exact) mass is 412 g/mol. The molecule has 0 aromatic heterocycles. The van der Waals surface area contributed by atoms with Crippen LogP contribution >= 0.6 is 11.8 Å². The van der Waals surface area contributed by atoms with Gasteiger partial charge in [0.1, 0.15) is 11.0 Å². The maximum absolute atomic E-state index is 12.4. The molecule has 0 aliphatic carbocycles. The summed E-state index contributed by atoms with van der Waals surface area (Å²) in [4.78, 5) is 25.9. The number of alkyl carbamates (subject to hydrolysis) is 1. The summed E-state index contributed by atoms with van der Waals surface area (Å²) in [5.74, 6) is 1.91. The van der Waals surface area contributed by atoms with E-state index in [4.69, 9.17) is 18.9 Å². The van der Waals surface area contributed by atoms with Crippen molar-refractivity contribution < 1.29 is 28.5 Å². The van der Waals surface area contributed by atoms with Crippen LogP contribution in [0.2, 0.25) is 0 Å². The second-order valence-corrected chi connectivity index (χ2v) is 8.17. The third kappa shape index (κ3) is 5.15. The highest BCUT2D eigenvalue weighted by molar-refractivity contribution is 8.00. The lowest BCUT2D eigenvalue weighted by molar-refractivity contribution is -0.128. The van der Waals surface area contributed by atoms with Crippen LogP contribution in [-0.2, 0) is 9.53 Å². The number of nitrogens with zero attached hydrogens (tertiary/aromatic N) is 1. The van der Waals surface area contributed by atoms with Gasteiger partial charge in [-0.05, 0) is 32.9 Å². The van der Waals surface area contributed by atoms with Crippen LogP contribution in [0.15, 0.2) is 12.1 Å². The van der Waals surface area contributed by atoms with Crippen LogP contribution in [0.1, 0.15) is 31.7 Å². The van der Waals surface area contributed by atoms with Crippen LogP contribution < -0.4 is 19.5 Å². The smallest absolute Gasteiger partial charge is 0.407 e. The number of thioether (sulfide) groups is 1. The predicted octanol–water partition coefficient (Wildman–Crippen LogP) is 2.81. The van der Waals surface area contributed by atoms with Crippen LogP contribution in [-0.4, -0.2) is 62.7 Å². The summed E-state index contributed by atoms with van der Waals surface area (Å²) in [7, 11) is 4.65. The molecule has 1 N–H and O–H groups in total. The molecular weight excluding hydrogens is 384 g/mol. The van der Waals surface area contributed by atoms with Crippen molar-refractivity contribution in [3.05, 3.63) is 17.7 Å². The first kappa shape index (κ1) is 22.0. The molecule has 1 unspecified atom stereocenters. The van der Waals surface area contributed by atoms with Crippen LogP contribution in [0.3, 0.4) is 0 Å². The van der Waals surface area contributed by atoms with Crippen LogP contribution in [0.25, 0.3) is 0 Å². The minimum Gasteiger partial charge on any atom is -0.493 e. The van der Waals surface area contributed by atoms with E-state index in [1.54, 1.807) is 53.1 Å². The number of hydrogen-bond donors (Lipinski definition) is 1. The predicted molar refractivity (Wildman–Crippen MR) is 107 cm³/mol. The highest BCUT2D eigenvalue weighted by Gasteiger charge is 2.35. The van der Waals surface area contributed by atoms with Gasteiger partial charge in [0.2, 0.25) is 11.7 Å². The largest absolute Gasteiger partial charge is 0.493 e. The highest BCUT2D eigenvalue weighted by atomic mass is 32.2. The maximum atomic E-state index is 12.4. The molecule has 1 aromatic carbocycles. The molecule has 8 nitrogen and oxygen atoms in total. The Hall–Kier alpha value is -2.29. The molecule has 9 heteroatoms. The zero-order chi connectivity index (χ0) is 20.9. The summed E-state index contributed by atoms with van der Waals surface area (Å²) in [5, 5.41) is 2.44. The molecule has 1 fully saturated rings. The van der Waals surface area contributed by atoms with Gasteiger partial charge in [0.05, 0.1) is 27.1 Å². The summed E-state index contributed by atoms with van der Waals surface area (Å²) < 4.78 is 21.5. The zero-order valence-corrected chi connectivity index (χ0v) is 18.0. The third-order valence-electron chi connectivity index (χ3n) is 3.99. The minimum absolute atomic E-state index is 0.00201. The molecule has 0 bridgehead atoms. The number of amides is 2. The summed E-state index contributed by atoms with van der Waals surface area (Å²) in [6, 6.07) is 3.65. The van der Waals surface area contributed by atoms with Crippen LogP contribution in [0.4, 0.5) is 4.79 Å². The Balaban J connectivity index is 2.15. The van der Waals surface area contributed by atoms with Gasteiger partial charge in [-0.2, -0.15) is 0 Å². The first-order valence-corrected chi connectivity index (χ1v) is 9.93. The number of nitrogens with one attached hydrogen (secondary N) is 1. The van der Waals surface area contributed by atoms with E-state index in [-0.39, 0.29) is 17.8 Å². The summed E-state index contributed by atoms with van der Waals surface area (Å²) in [5.41, 5.74) is 0.243. The fourth-order valence-corrected chi connectivity index (χ4v) is 4.10. The number of rotatable bonds is 7. The molecule has 156 valence electrons. The van der Waals surface area contributed by atoms with E-state index in [1.807, 2.05) is 6.07 Å². The normalized spacial score (nSPS) is 16.7. The number of methoxy groups -OCH3 is 3. The molecular formula is C19H28N2O6S. The Morgan fingerprint density at radius 2 is 1.86 bits per heavy atom. The molecule has 0 saturated carbocycles. The molecule has 1 aliphatic heterocycles. The van der Waals surface area contributed by atoms with E-state index >= 15 is 0 Å². The van der Waals surface area contributed by atoms with Gasteiger partial charge in [0, 0.05) is 18.7 Å². The third-order valence-corrected chi connectivity index (χ3v) is 5.23. The SMILES string of the molecule is COc1ccc(C2SCC(=O)N2CCNC(=O)OC(C)(C)C)c(OC)c1OC. The van der Waals surface area contributed by atoms with Gasteiger partial charge < -0.3 is 29.2 Å². The van der Waals surface area contributed by atoms with Crippen LogP contribution in [0, 0.1) is 0 Å². The number of hydrogen-bond acceptors (Lipinski definition) is 7. The topological polar surface area (TPSA) is 86.3 Å². The summed E-state index contributed by atoms with van der Waals surface area (Å²) in [6.45, 7) is 6.03. The Labute approximate surface area is 169 Å². The Kier molecular flexibility index (Phi) is 7.29. The highest BCUT2D eigenvalue weighted by Crippen LogP contribution is 2.48. The van der Waals surface area contributed by atoms with Crippen LogP contribution in [0.5, 0.6) is 17.2 Å². The standard InChI is InChI=1S/C19H28N2O6S/c1-19(2,3)27-18(23)20-9-10-21-14(22)11-28-17(21)12-7-8-13(24-4)16(26-6)15(12)25-5/h7-8,17H,9-11H2,1-6H3,(H,20,23). The molecule has 28 heavy (non-hydrogen) atoms. The Morgan fingerprint density at radius 3 is 2.43 bits per heavy atom. The zero-order valence-electron chi connectivity index (χ0n) is 17.2. The van der Waals surface area contributed by atoms with Crippen molar-refractivity contribution in [2.24, 2.45) is 0 Å². The second-order valence-electron chi connectivity index (χ2n) is 7.10. The maximum Gasteiger partial charge on any atom is 0.407 e. The summed E-state index contributed by atoms with van der Waals surface area (Å²) in [6.07, 6.45) is -0.507. The van der Waals surface area contributed by atoms with E-state index < -0.39 is 11.7 Å². The van der Waals surface area contributed by atoms with Gasteiger partial charge in [-0.25, -0.2) is 4.79 Å². The van der Waals surface area contributed by atoms with Crippen molar-refractivity contribution in [3.8, 4) is 17.2 Å². The lowest BCUT2D eigenvalue weighted by Crippen LogP contribution is -2.39. The van der Waals surface area contributed by atoms with E-state index in [1.165, 1.54) is 11.8 Å². The molecule has 1 aliphatic rings. The Bertz CT molecular complexity index is 719. The van der Waals surface area contributed by atoms with Gasteiger partial charge in [0.25, 0.3) is 0 Å². The van der Waals surface area contributed by atoms with Crippen molar-refractivity contribution in [2.75, 3.05) is 40.2 Å². The Morgan fingerprint density at radius 1 is 1.18 bits per heavy atom. The lowest BCUT2D eigenvalue weighted by Gasteiger charge is -2.27. The van der Waals surface area contributed by atoms with Gasteiger partial charge in [0.15, 0.2) is 11.5 Å². The second kappa shape index (κ2) is 9.27. The minimum atomic E-state index is -0.570. The number of benzene rings is 1. The molecule has 2 rings (SSSR count). The molecule has 2 amide bonds. The van der Waals surface area contributed by atoms with E-state index in [2.05, 4.69) is 5.32 Å². The van der Waals surface area contributed by atoms with Crippen molar-refractivity contribution in [1.82, 2.24) is 10.2 Å². The fraction of sp³-hybridized carbons (Fsp3) is 0.579. The fourth-order valence-electron chi connectivity index (χ4n) is 2.86. The van der Waals surface area contributed by atoms with Crippen molar-refractivity contribution >= 4 is 23.8 Å². The van der Waals surface area contributed by atoms with Gasteiger partial charge in [-0.3, -0.25) is 4.79 Å². The lowest BCUT2D eigenvalue weighted by atomic mass is 10.1. The van der Waals surface area contributed by atoms with Crippen molar-refractivity contribution in [1.29, 1.82) is 0 Å². The first-order chi connectivity index (χ1) is 13.2. The van der Waals surface area contributed by atoms with Gasteiger partial charge >= 0.3 is 6.09 Å². The molecule has 1 atom stereocenters. The van der Waals surface area contributed by atoms with Gasteiger partial charge in [-0.15, -0.1) is 11.8 Å². The average molecular weight is 413 g/mol. The first-order valence-electron chi connectivity index (χ1n) is 8.88. The van der Waals surface area contributed by atoms with Crippen molar-refractivity contribution in [2.45, 2.75) is 31.7 Å². The quantitative estimate of drug-likeness (QED) is 0.737. The van der Waals surface area contributed by atoms with E-state index in [0.717, 1.165) is 5.56 Å². The number of carbonyl (C=O) groups excluding carboxylic acids is 2. The number of carbonyl (C=O) groups is 2. The summed E-state index contributed by atoms with van der Waals surface area (Å²) >= 11 is 1.50.